The number of unbranched alkanes of at least 4 members (excludes halogenated alkanes) is 26. The van der Waals surface area contributed by atoms with E-state index in [1.165, 1.54) is 141 Å². The Labute approximate surface area is 324 Å². The van der Waals surface area contributed by atoms with E-state index in [9.17, 15) is 16.8 Å². The van der Waals surface area contributed by atoms with Crippen molar-refractivity contribution >= 4 is 20.2 Å². The largest absolute Gasteiger partial charge is 0.300 e. The average molecular weight is 775 g/mol. The molecule has 0 spiro atoms. The Morgan fingerprint density at radius 3 is 0.769 bits per heavy atom. The van der Waals surface area contributed by atoms with Crippen molar-refractivity contribution in [3.63, 3.8) is 0 Å². The zero-order chi connectivity index (χ0) is 37.7. The van der Waals surface area contributed by atoms with Gasteiger partial charge in [-0.25, -0.2) is 0 Å². The van der Waals surface area contributed by atoms with Crippen LogP contribution in [0, 0.1) is 0 Å². The van der Waals surface area contributed by atoms with Gasteiger partial charge in [-0.05, 0) is 38.5 Å². The molecule has 0 radical (unpaired) electrons. The molecule has 0 aromatic carbocycles. The molecule has 8 heteroatoms. The van der Waals surface area contributed by atoms with E-state index in [0.29, 0.717) is 38.5 Å². The summed E-state index contributed by atoms with van der Waals surface area (Å²) in [5, 5.41) is 0. The van der Waals surface area contributed by atoms with Gasteiger partial charge in [-0.1, -0.05) is 241 Å². The molecule has 0 aromatic heterocycles. The highest BCUT2D eigenvalue weighted by Crippen LogP contribution is 2.43. The molecule has 310 valence electrons. The molecule has 6 nitrogen and oxygen atoms in total. The normalized spacial score (nSPS) is 17.8. The summed E-state index contributed by atoms with van der Waals surface area (Å²) >= 11 is 0. The molecule has 0 N–H and O–H groups in total. The molecule has 2 aliphatic carbocycles. The first kappa shape index (κ1) is 48.0. The molecule has 0 atom stereocenters. The third-order valence-electron chi connectivity index (χ3n) is 12.8. The predicted molar refractivity (Wildman–Crippen MR) is 221 cm³/mol. The van der Waals surface area contributed by atoms with Crippen LogP contribution in [0.5, 0.6) is 0 Å². The van der Waals surface area contributed by atoms with Crippen LogP contribution < -0.4 is 0 Å². The second-order valence-corrected chi connectivity index (χ2v) is 21.0. The number of hydrogen-bond acceptors (Lipinski definition) is 6. The Morgan fingerprint density at radius 2 is 0.538 bits per heavy atom. The van der Waals surface area contributed by atoms with E-state index in [1.54, 1.807) is 0 Å². The van der Waals surface area contributed by atoms with Crippen molar-refractivity contribution in [3.05, 3.63) is 0 Å². The lowest BCUT2D eigenvalue weighted by Crippen LogP contribution is -2.45. The summed E-state index contributed by atoms with van der Waals surface area (Å²) in [6, 6.07) is 0. The molecule has 2 rings (SSSR count). The lowest BCUT2D eigenvalue weighted by Gasteiger charge is -2.37. The van der Waals surface area contributed by atoms with Crippen molar-refractivity contribution in [2.75, 3.05) is 0 Å². The van der Waals surface area contributed by atoms with Gasteiger partial charge < -0.3 is 0 Å². The summed E-state index contributed by atoms with van der Waals surface area (Å²) in [7, 11) is -8.43. The smallest absolute Gasteiger partial charge is 0.196 e. The van der Waals surface area contributed by atoms with Crippen LogP contribution in [0.3, 0.4) is 0 Å². The first-order valence-electron chi connectivity index (χ1n) is 23.1. The van der Waals surface area contributed by atoms with Crippen LogP contribution in [0.15, 0.2) is 0 Å². The Kier molecular flexibility index (Phi) is 26.9. The maximum atomic E-state index is 13.8. The van der Waals surface area contributed by atoms with Gasteiger partial charge >= 0.3 is 0 Å². The fourth-order valence-corrected chi connectivity index (χ4v) is 12.4. The van der Waals surface area contributed by atoms with Crippen molar-refractivity contribution in [1.29, 1.82) is 0 Å². The van der Waals surface area contributed by atoms with Gasteiger partial charge in [0.1, 0.15) is 0 Å². The van der Waals surface area contributed by atoms with Gasteiger partial charge in [0.2, 0.25) is 0 Å². The fourth-order valence-electron chi connectivity index (χ4n) is 9.14. The monoisotopic (exact) mass is 775 g/mol. The summed E-state index contributed by atoms with van der Waals surface area (Å²) in [5.74, 6) is 0. The van der Waals surface area contributed by atoms with Gasteiger partial charge in [-0.15, -0.1) is 0 Å². The van der Waals surface area contributed by atoms with E-state index in [4.69, 9.17) is 8.67 Å². The zero-order valence-corrected chi connectivity index (χ0v) is 36.2. The van der Waals surface area contributed by atoms with Crippen molar-refractivity contribution < 1.29 is 25.5 Å². The molecular formula is C44H86O6S2. The molecule has 52 heavy (non-hydrogen) atoms. The van der Waals surface area contributed by atoms with E-state index in [1.807, 2.05) is 0 Å². The topological polar surface area (TPSA) is 86.7 Å². The molecule has 0 saturated heterocycles. The van der Waals surface area contributed by atoms with Crippen LogP contribution in [0.4, 0.5) is 0 Å². The standard InChI is InChI=1S/C44H86O6S2/c1-3-5-7-9-11-13-15-17-19-21-23-25-27-31-37-43(39-33-29-34-40-43)51(45,46)49-50-52(47,48)44(41-35-30-36-42-44)38-32-28-26-24-22-20-18-16-14-12-10-8-6-4-2/h3-42H2,1-2H3. The lowest BCUT2D eigenvalue weighted by atomic mass is 9.84. The Hall–Kier alpha value is -0.180. The second kappa shape index (κ2) is 29.1. The van der Waals surface area contributed by atoms with Crippen LogP contribution in [-0.4, -0.2) is 26.3 Å². The first-order chi connectivity index (χ1) is 25.2. The quantitative estimate of drug-likeness (QED) is 0.0362. The molecule has 0 heterocycles. The Balaban J connectivity index is 1.72. The van der Waals surface area contributed by atoms with Crippen molar-refractivity contribution in [2.45, 2.75) is 280 Å². The minimum atomic E-state index is -4.21. The zero-order valence-electron chi connectivity index (χ0n) is 34.6. The second-order valence-electron chi connectivity index (χ2n) is 17.2. The predicted octanol–water partition coefficient (Wildman–Crippen LogP) is 14.7. The average Bonchev–Trinajstić information content (AvgIpc) is 3.15. The molecule has 0 aromatic rings. The molecule has 0 amide bonds. The summed E-state index contributed by atoms with van der Waals surface area (Å²) in [6.07, 6.45) is 43.7. The SMILES string of the molecule is CCCCCCCCCCCCCCCCC1(S(=O)(=O)OOS(=O)(=O)C2(CCCCCCCCCCCCCCCC)CCCCC2)CCCCC1. The van der Waals surface area contributed by atoms with E-state index >= 15 is 0 Å². The number of rotatable bonds is 35. The summed E-state index contributed by atoms with van der Waals surface area (Å²) in [5.41, 5.74) is 0. The molecule has 2 saturated carbocycles. The van der Waals surface area contributed by atoms with E-state index in [-0.39, 0.29) is 0 Å². The Bertz CT molecular complexity index is 961. The first-order valence-corrected chi connectivity index (χ1v) is 25.9. The third kappa shape index (κ3) is 19.1. The van der Waals surface area contributed by atoms with Crippen molar-refractivity contribution in [3.8, 4) is 0 Å². The van der Waals surface area contributed by atoms with Crippen LogP contribution in [0.2, 0.25) is 0 Å². The van der Waals surface area contributed by atoms with Gasteiger partial charge in [-0.2, -0.15) is 16.8 Å². The summed E-state index contributed by atoms with van der Waals surface area (Å²) < 4.78 is 63.5. The Morgan fingerprint density at radius 1 is 0.327 bits per heavy atom. The van der Waals surface area contributed by atoms with Crippen LogP contribution >= 0.6 is 0 Å². The highest BCUT2D eigenvalue weighted by atomic mass is 32.2. The van der Waals surface area contributed by atoms with Crippen molar-refractivity contribution in [1.82, 2.24) is 0 Å². The van der Waals surface area contributed by atoms with E-state index in [0.717, 1.165) is 77.0 Å². The number of hydrogen-bond donors (Lipinski definition) is 0. The lowest BCUT2D eigenvalue weighted by molar-refractivity contribution is -0.0936. The maximum Gasteiger partial charge on any atom is 0.300 e. The van der Waals surface area contributed by atoms with Gasteiger partial charge in [0, 0.05) is 0 Å². The van der Waals surface area contributed by atoms with Crippen LogP contribution in [0.1, 0.15) is 271 Å². The molecular weight excluding hydrogens is 689 g/mol. The van der Waals surface area contributed by atoms with Gasteiger partial charge in [0.25, 0.3) is 20.2 Å². The van der Waals surface area contributed by atoms with Crippen LogP contribution in [-0.2, 0) is 28.9 Å². The van der Waals surface area contributed by atoms with E-state index < -0.39 is 29.7 Å². The highest BCUT2D eigenvalue weighted by molar-refractivity contribution is 7.90. The molecule has 0 unspecified atom stereocenters. The minimum Gasteiger partial charge on any atom is -0.196 e. The fraction of sp³-hybridized carbons (Fsp3) is 1.00. The molecule has 2 fully saturated rings. The van der Waals surface area contributed by atoms with Gasteiger partial charge in [0.05, 0.1) is 9.49 Å². The van der Waals surface area contributed by atoms with Gasteiger partial charge in [0.15, 0.2) is 0 Å². The molecule has 0 bridgehead atoms. The van der Waals surface area contributed by atoms with Crippen molar-refractivity contribution in [2.24, 2.45) is 0 Å². The summed E-state index contributed by atoms with van der Waals surface area (Å²) in [4.78, 5) is 0. The van der Waals surface area contributed by atoms with Crippen LogP contribution in [0.25, 0.3) is 0 Å². The minimum absolute atomic E-state index is 0.529. The molecule has 0 aliphatic heterocycles. The highest BCUT2D eigenvalue weighted by Gasteiger charge is 2.50. The summed E-state index contributed by atoms with van der Waals surface area (Å²) in [6.45, 7) is 4.53. The van der Waals surface area contributed by atoms with E-state index in [2.05, 4.69) is 13.8 Å². The molecule has 2 aliphatic rings. The third-order valence-corrected chi connectivity index (χ3v) is 16.7. The van der Waals surface area contributed by atoms with Gasteiger partial charge in [-0.3, -0.25) is 0 Å². The maximum absolute atomic E-state index is 13.8.